The predicted molar refractivity (Wildman–Crippen MR) is 122 cm³/mol. The average Bonchev–Trinajstić information content (AvgIpc) is 2.59. The molecule has 4 nitrogen and oxygen atoms in total. The third-order valence-corrected chi connectivity index (χ3v) is 6.40. The Morgan fingerprint density at radius 3 is 1.82 bits per heavy atom. The second-order valence-corrected chi connectivity index (χ2v) is 10.3. The molecule has 2 rings (SSSR count). The van der Waals surface area contributed by atoms with Gasteiger partial charge in [-0.05, 0) is 70.5 Å². The molecule has 0 radical (unpaired) electrons. The second kappa shape index (κ2) is 13.5. The van der Waals surface area contributed by atoms with Gasteiger partial charge in [0, 0.05) is 18.5 Å². The van der Waals surface area contributed by atoms with Crippen molar-refractivity contribution in [3.8, 4) is 0 Å². The number of rotatable bonds is 4. The summed E-state index contributed by atoms with van der Waals surface area (Å²) in [5.74, 6) is 3.50. The summed E-state index contributed by atoms with van der Waals surface area (Å²) in [4.78, 5) is 15.1. The van der Waals surface area contributed by atoms with E-state index in [1.54, 1.807) is 0 Å². The van der Waals surface area contributed by atoms with Crippen molar-refractivity contribution >= 4 is 6.09 Å². The summed E-state index contributed by atoms with van der Waals surface area (Å²) in [7, 11) is 7.46. The fraction of sp³-hybridized carbons (Fsp3) is 0.958. The Kier molecular flexibility index (Phi) is 13.1. The van der Waals surface area contributed by atoms with Crippen LogP contribution in [0.2, 0.25) is 0 Å². The maximum Gasteiger partial charge on any atom is 0.409 e. The average molecular weight is 399 g/mol. The van der Waals surface area contributed by atoms with Crippen molar-refractivity contribution in [2.75, 3.05) is 41.3 Å². The Hall–Kier alpha value is -0.770. The zero-order valence-electron chi connectivity index (χ0n) is 20.7. The highest BCUT2D eigenvalue weighted by molar-refractivity contribution is 5.68. The van der Waals surface area contributed by atoms with Crippen molar-refractivity contribution in [2.45, 2.75) is 80.1 Å². The normalized spacial score (nSPS) is 19.5. The SMILES string of the molecule is CCCC(C)C(C)C.CN(C)C.COC(=O)N1CC2(CCC(C(C)C)CC2)C1. The summed E-state index contributed by atoms with van der Waals surface area (Å²) in [6.45, 7) is 15.6. The molecule has 1 heterocycles. The molecule has 0 bridgehead atoms. The summed E-state index contributed by atoms with van der Waals surface area (Å²) in [5.41, 5.74) is 0.444. The van der Waals surface area contributed by atoms with Crippen LogP contribution in [0.25, 0.3) is 0 Å². The molecule has 1 aliphatic carbocycles. The van der Waals surface area contributed by atoms with E-state index in [0.29, 0.717) is 5.41 Å². The molecular formula is C24H50N2O2. The molecule has 1 saturated heterocycles. The minimum atomic E-state index is -0.156. The van der Waals surface area contributed by atoms with Crippen molar-refractivity contribution in [2.24, 2.45) is 29.1 Å². The van der Waals surface area contributed by atoms with Crippen LogP contribution in [0.4, 0.5) is 4.79 Å². The van der Waals surface area contributed by atoms with Crippen molar-refractivity contribution in [3.05, 3.63) is 0 Å². The second-order valence-electron chi connectivity index (χ2n) is 10.3. The van der Waals surface area contributed by atoms with Gasteiger partial charge < -0.3 is 14.5 Å². The van der Waals surface area contributed by atoms with Crippen LogP contribution in [-0.4, -0.2) is 57.2 Å². The van der Waals surface area contributed by atoms with Gasteiger partial charge in [-0.15, -0.1) is 0 Å². The maximum atomic E-state index is 11.3. The van der Waals surface area contributed by atoms with E-state index in [1.807, 2.05) is 30.9 Å². The van der Waals surface area contributed by atoms with E-state index < -0.39 is 0 Å². The van der Waals surface area contributed by atoms with Gasteiger partial charge in [-0.25, -0.2) is 4.79 Å². The minimum absolute atomic E-state index is 0.156. The fourth-order valence-corrected chi connectivity index (χ4v) is 4.05. The summed E-state index contributed by atoms with van der Waals surface area (Å²) in [6.07, 6.45) is 7.83. The van der Waals surface area contributed by atoms with Crippen LogP contribution in [0.5, 0.6) is 0 Å². The lowest BCUT2D eigenvalue weighted by molar-refractivity contribution is -0.0335. The van der Waals surface area contributed by atoms with Gasteiger partial charge in [0.05, 0.1) is 7.11 Å². The van der Waals surface area contributed by atoms with Crippen LogP contribution < -0.4 is 0 Å². The molecule has 0 N–H and O–H groups in total. The van der Waals surface area contributed by atoms with E-state index in [-0.39, 0.29) is 6.09 Å². The monoisotopic (exact) mass is 398 g/mol. The van der Waals surface area contributed by atoms with Crippen molar-refractivity contribution in [1.29, 1.82) is 0 Å². The molecule has 1 amide bonds. The molecule has 1 spiro atoms. The van der Waals surface area contributed by atoms with Gasteiger partial charge in [0.15, 0.2) is 0 Å². The van der Waals surface area contributed by atoms with E-state index in [4.69, 9.17) is 4.74 Å². The molecule has 168 valence electrons. The topological polar surface area (TPSA) is 32.8 Å². The predicted octanol–water partition coefficient (Wildman–Crippen LogP) is 6.16. The molecule has 4 heteroatoms. The first kappa shape index (κ1) is 27.2. The number of amides is 1. The van der Waals surface area contributed by atoms with Gasteiger partial charge in [0.2, 0.25) is 0 Å². The maximum absolute atomic E-state index is 11.3. The number of hydrogen-bond donors (Lipinski definition) is 0. The number of hydrogen-bond acceptors (Lipinski definition) is 3. The summed E-state index contributed by atoms with van der Waals surface area (Å²) in [6, 6.07) is 0. The zero-order chi connectivity index (χ0) is 21.9. The third-order valence-electron chi connectivity index (χ3n) is 6.40. The third kappa shape index (κ3) is 10.1. The van der Waals surface area contributed by atoms with Crippen LogP contribution in [0, 0.1) is 29.1 Å². The molecule has 1 atom stereocenters. The molecule has 1 unspecified atom stereocenters. The van der Waals surface area contributed by atoms with Crippen LogP contribution in [0.1, 0.15) is 80.1 Å². The van der Waals surface area contributed by atoms with Crippen LogP contribution in [0.15, 0.2) is 0 Å². The van der Waals surface area contributed by atoms with Crippen LogP contribution in [-0.2, 0) is 4.74 Å². The summed E-state index contributed by atoms with van der Waals surface area (Å²) in [5, 5.41) is 0. The molecule has 2 aliphatic rings. The first-order valence-electron chi connectivity index (χ1n) is 11.4. The molecule has 1 aliphatic heterocycles. The lowest BCUT2D eigenvalue weighted by atomic mass is 9.64. The summed E-state index contributed by atoms with van der Waals surface area (Å²) < 4.78 is 4.73. The molecule has 2 fully saturated rings. The van der Waals surface area contributed by atoms with Gasteiger partial charge in [0.25, 0.3) is 0 Å². The highest BCUT2D eigenvalue weighted by Crippen LogP contribution is 2.47. The number of methoxy groups -OCH3 is 1. The van der Waals surface area contributed by atoms with Crippen molar-refractivity contribution < 1.29 is 9.53 Å². The lowest BCUT2D eigenvalue weighted by Crippen LogP contribution is -2.59. The van der Waals surface area contributed by atoms with Crippen molar-refractivity contribution in [1.82, 2.24) is 9.80 Å². The van der Waals surface area contributed by atoms with Gasteiger partial charge in [-0.1, -0.05) is 54.4 Å². The van der Waals surface area contributed by atoms with E-state index >= 15 is 0 Å². The smallest absolute Gasteiger partial charge is 0.409 e. The molecule has 0 aromatic heterocycles. The van der Waals surface area contributed by atoms with Gasteiger partial charge >= 0.3 is 6.09 Å². The molecule has 0 aromatic carbocycles. The standard InChI is InChI=1S/C13H23NO2.C8H18.C3H9N/c1-10(2)11-4-6-13(7-5-11)8-14(9-13)12(15)16-3;1-5-6-8(4)7(2)3;1-4(2)3/h10-11H,4-9H2,1-3H3;7-8H,5-6H2,1-4H3;1-3H3. The largest absolute Gasteiger partial charge is 0.453 e. The van der Waals surface area contributed by atoms with E-state index in [1.165, 1.54) is 45.6 Å². The minimum Gasteiger partial charge on any atom is -0.453 e. The van der Waals surface area contributed by atoms with Gasteiger partial charge in [-0.2, -0.15) is 0 Å². The van der Waals surface area contributed by atoms with Crippen LogP contribution in [0.3, 0.4) is 0 Å². The Balaban J connectivity index is 0.000000511. The van der Waals surface area contributed by atoms with E-state index in [9.17, 15) is 4.79 Å². The Labute approximate surface area is 176 Å². The van der Waals surface area contributed by atoms with Crippen molar-refractivity contribution in [3.63, 3.8) is 0 Å². The van der Waals surface area contributed by atoms with E-state index in [0.717, 1.165) is 36.8 Å². The van der Waals surface area contributed by atoms with Crippen LogP contribution >= 0.6 is 0 Å². The highest BCUT2D eigenvalue weighted by atomic mass is 16.5. The zero-order valence-corrected chi connectivity index (χ0v) is 20.7. The number of ether oxygens (including phenoxy) is 1. The highest BCUT2D eigenvalue weighted by Gasteiger charge is 2.47. The molecular weight excluding hydrogens is 348 g/mol. The number of carbonyl (C=O) groups is 1. The Morgan fingerprint density at radius 1 is 1.07 bits per heavy atom. The quantitative estimate of drug-likeness (QED) is 0.569. The van der Waals surface area contributed by atoms with E-state index in [2.05, 4.69) is 41.5 Å². The molecule has 28 heavy (non-hydrogen) atoms. The fourth-order valence-electron chi connectivity index (χ4n) is 4.05. The number of carbonyl (C=O) groups excluding carboxylic acids is 1. The Morgan fingerprint density at radius 2 is 1.54 bits per heavy atom. The van der Waals surface area contributed by atoms with Gasteiger partial charge in [0.1, 0.15) is 0 Å². The number of likely N-dealkylation sites (tertiary alicyclic amines) is 1. The lowest BCUT2D eigenvalue weighted by Gasteiger charge is -2.53. The number of nitrogens with zero attached hydrogens (tertiary/aromatic N) is 2. The molecule has 1 saturated carbocycles. The Bertz CT molecular complexity index is 402. The molecule has 0 aromatic rings. The first-order valence-corrected chi connectivity index (χ1v) is 11.4. The summed E-state index contributed by atoms with van der Waals surface area (Å²) >= 11 is 0. The first-order chi connectivity index (χ1) is 13.0. The van der Waals surface area contributed by atoms with Gasteiger partial charge in [-0.3, -0.25) is 0 Å².